The number of nitrogens with two attached hydrogens (primary N) is 1. The van der Waals surface area contributed by atoms with Gasteiger partial charge in [0.15, 0.2) is 5.82 Å². The Bertz CT molecular complexity index is 785. The van der Waals surface area contributed by atoms with Gasteiger partial charge in [0, 0.05) is 21.2 Å². The van der Waals surface area contributed by atoms with E-state index in [2.05, 4.69) is 20.9 Å². The molecule has 1 aromatic heterocycles. The number of halogens is 1. The van der Waals surface area contributed by atoms with Crippen LogP contribution in [0.5, 0.6) is 0 Å². The molecule has 3 rings (SSSR count). The third kappa shape index (κ3) is 2.81. The van der Waals surface area contributed by atoms with Gasteiger partial charge in [-0.1, -0.05) is 58.4 Å². The molecule has 0 aliphatic heterocycles. The molecule has 3 aromatic rings. The number of hydrogen-bond donors (Lipinski definition) is 1. The van der Waals surface area contributed by atoms with Gasteiger partial charge in [-0.25, -0.2) is 9.97 Å². The highest BCUT2D eigenvalue weighted by Gasteiger charge is 2.12. The fourth-order valence-electron chi connectivity index (χ4n) is 2.17. The molecule has 0 aliphatic rings. The van der Waals surface area contributed by atoms with Crippen molar-refractivity contribution in [3.05, 3.63) is 64.6 Å². The van der Waals surface area contributed by atoms with Gasteiger partial charge in [0.1, 0.15) is 5.82 Å². The van der Waals surface area contributed by atoms with Gasteiger partial charge in [-0.2, -0.15) is 0 Å². The first kappa shape index (κ1) is 13.8. The van der Waals surface area contributed by atoms with Crippen LogP contribution in [-0.4, -0.2) is 9.97 Å². The fourth-order valence-corrected chi connectivity index (χ4v) is 2.57. The summed E-state index contributed by atoms with van der Waals surface area (Å²) in [5.74, 6) is 1.15. The predicted molar refractivity (Wildman–Crippen MR) is 89.8 cm³/mol. The smallest absolute Gasteiger partial charge is 0.162 e. The molecule has 2 aromatic carbocycles. The number of benzene rings is 2. The summed E-state index contributed by atoms with van der Waals surface area (Å²) in [5.41, 5.74) is 9.83. The molecule has 2 N–H and O–H groups in total. The SMILES string of the molecule is Cc1c(N)nc(-c2cccc(Br)c2)nc1-c1ccccc1. The summed E-state index contributed by atoms with van der Waals surface area (Å²) in [5, 5.41) is 0. The van der Waals surface area contributed by atoms with Gasteiger partial charge in [-0.3, -0.25) is 0 Å². The maximum Gasteiger partial charge on any atom is 0.162 e. The Morgan fingerprint density at radius 3 is 2.33 bits per heavy atom. The molecule has 104 valence electrons. The lowest BCUT2D eigenvalue weighted by molar-refractivity contribution is 1.15. The van der Waals surface area contributed by atoms with Gasteiger partial charge in [0.2, 0.25) is 0 Å². The van der Waals surface area contributed by atoms with Crippen LogP contribution in [0.25, 0.3) is 22.6 Å². The van der Waals surface area contributed by atoms with Crippen LogP contribution in [0.1, 0.15) is 5.56 Å². The Kier molecular flexibility index (Phi) is 3.71. The number of aromatic nitrogens is 2. The lowest BCUT2D eigenvalue weighted by Gasteiger charge is -2.10. The lowest BCUT2D eigenvalue weighted by Crippen LogP contribution is -2.02. The van der Waals surface area contributed by atoms with Crippen molar-refractivity contribution in [1.82, 2.24) is 9.97 Å². The Morgan fingerprint density at radius 2 is 1.62 bits per heavy atom. The Hall–Kier alpha value is -2.20. The molecule has 0 amide bonds. The molecule has 0 atom stereocenters. The summed E-state index contributed by atoms with van der Waals surface area (Å²) in [6.45, 7) is 1.95. The quantitative estimate of drug-likeness (QED) is 0.749. The number of anilines is 1. The van der Waals surface area contributed by atoms with Crippen LogP contribution >= 0.6 is 15.9 Å². The number of rotatable bonds is 2. The van der Waals surface area contributed by atoms with Crippen molar-refractivity contribution in [3.63, 3.8) is 0 Å². The van der Waals surface area contributed by atoms with E-state index >= 15 is 0 Å². The Labute approximate surface area is 132 Å². The van der Waals surface area contributed by atoms with Crippen LogP contribution in [0.4, 0.5) is 5.82 Å². The van der Waals surface area contributed by atoms with Crippen molar-refractivity contribution in [2.75, 3.05) is 5.73 Å². The van der Waals surface area contributed by atoms with Gasteiger partial charge in [-0.05, 0) is 19.1 Å². The second kappa shape index (κ2) is 5.66. The highest BCUT2D eigenvalue weighted by molar-refractivity contribution is 9.10. The van der Waals surface area contributed by atoms with Gasteiger partial charge in [0.05, 0.1) is 5.69 Å². The molecule has 0 saturated carbocycles. The van der Waals surface area contributed by atoms with E-state index in [9.17, 15) is 0 Å². The van der Waals surface area contributed by atoms with Crippen LogP contribution in [0.15, 0.2) is 59.1 Å². The van der Waals surface area contributed by atoms with Crippen LogP contribution in [0, 0.1) is 6.92 Å². The molecular formula is C17H14BrN3. The summed E-state index contributed by atoms with van der Waals surface area (Å²) in [4.78, 5) is 9.12. The van der Waals surface area contributed by atoms with E-state index in [0.717, 1.165) is 26.9 Å². The summed E-state index contributed by atoms with van der Waals surface area (Å²) in [7, 11) is 0. The Morgan fingerprint density at radius 1 is 0.905 bits per heavy atom. The van der Waals surface area contributed by atoms with Crippen molar-refractivity contribution < 1.29 is 0 Å². The molecule has 0 saturated heterocycles. The summed E-state index contributed by atoms with van der Waals surface area (Å²) < 4.78 is 0.990. The van der Waals surface area contributed by atoms with Gasteiger partial charge < -0.3 is 5.73 Å². The van der Waals surface area contributed by atoms with Crippen LogP contribution < -0.4 is 5.73 Å². The normalized spacial score (nSPS) is 10.6. The zero-order chi connectivity index (χ0) is 14.8. The summed E-state index contributed by atoms with van der Waals surface area (Å²) >= 11 is 3.47. The molecule has 3 nitrogen and oxygen atoms in total. The van der Waals surface area contributed by atoms with E-state index in [4.69, 9.17) is 10.7 Å². The maximum absolute atomic E-state index is 6.07. The average Bonchev–Trinajstić information content (AvgIpc) is 2.51. The molecule has 0 bridgehead atoms. The van der Waals surface area contributed by atoms with E-state index in [0.29, 0.717) is 11.6 Å². The minimum atomic E-state index is 0.513. The maximum atomic E-state index is 6.07. The zero-order valence-electron chi connectivity index (χ0n) is 11.5. The highest BCUT2D eigenvalue weighted by atomic mass is 79.9. The van der Waals surface area contributed by atoms with Crippen molar-refractivity contribution in [3.8, 4) is 22.6 Å². The average molecular weight is 340 g/mol. The molecule has 0 fully saturated rings. The van der Waals surface area contributed by atoms with Crippen molar-refractivity contribution in [2.45, 2.75) is 6.92 Å². The zero-order valence-corrected chi connectivity index (χ0v) is 13.1. The molecule has 4 heteroatoms. The van der Waals surface area contributed by atoms with Gasteiger partial charge in [0.25, 0.3) is 0 Å². The fraction of sp³-hybridized carbons (Fsp3) is 0.0588. The Balaban J connectivity index is 2.19. The minimum Gasteiger partial charge on any atom is -0.383 e. The first-order valence-corrected chi connectivity index (χ1v) is 7.40. The van der Waals surface area contributed by atoms with Crippen molar-refractivity contribution >= 4 is 21.7 Å². The standard InChI is InChI=1S/C17H14BrN3/c1-11-15(12-6-3-2-4-7-12)20-17(21-16(11)19)13-8-5-9-14(18)10-13/h2-10H,1H3,(H2,19,20,21). The lowest BCUT2D eigenvalue weighted by atomic mass is 10.1. The molecule has 0 radical (unpaired) electrons. The van der Waals surface area contributed by atoms with E-state index in [1.165, 1.54) is 0 Å². The largest absolute Gasteiger partial charge is 0.383 e. The summed E-state index contributed by atoms with van der Waals surface area (Å²) in [6.07, 6.45) is 0. The first-order chi connectivity index (χ1) is 10.1. The molecular weight excluding hydrogens is 326 g/mol. The third-order valence-corrected chi connectivity index (χ3v) is 3.81. The second-order valence-corrected chi connectivity index (χ2v) is 5.70. The van der Waals surface area contributed by atoms with E-state index in [1.54, 1.807) is 0 Å². The number of nitrogens with zero attached hydrogens (tertiary/aromatic N) is 2. The van der Waals surface area contributed by atoms with Crippen molar-refractivity contribution in [1.29, 1.82) is 0 Å². The van der Waals surface area contributed by atoms with E-state index in [-0.39, 0.29) is 0 Å². The van der Waals surface area contributed by atoms with Crippen molar-refractivity contribution in [2.24, 2.45) is 0 Å². The van der Waals surface area contributed by atoms with Gasteiger partial charge >= 0.3 is 0 Å². The highest BCUT2D eigenvalue weighted by Crippen LogP contribution is 2.28. The molecule has 0 aliphatic carbocycles. The van der Waals surface area contributed by atoms with Crippen LogP contribution in [0.3, 0.4) is 0 Å². The molecule has 1 heterocycles. The third-order valence-electron chi connectivity index (χ3n) is 3.31. The number of hydrogen-bond acceptors (Lipinski definition) is 3. The topological polar surface area (TPSA) is 51.8 Å². The molecule has 0 unspecified atom stereocenters. The monoisotopic (exact) mass is 339 g/mol. The summed E-state index contributed by atoms with van der Waals surface area (Å²) in [6, 6.07) is 17.9. The van der Waals surface area contributed by atoms with Crippen LogP contribution in [-0.2, 0) is 0 Å². The predicted octanol–water partition coefficient (Wildman–Crippen LogP) is 4.46. The van der Waals surface area contributed by atoms with Gasteiger partial charge in [-0.15, -0.1) is 0 Å². The second-order valence-electron chi connectivity index (χ2n) is 4.78. The molecule has 21 heavy (non-hydrogen) atoms. The minimum absolute atomic E-state index is 0.513. The first-order valence-electron chi connectivity index (χ1n) is 6.60. The van der Waals surface area contributed by atoms with E-state index in [1.807, 2.05) is 61.5 Å². The van der Waals surface area contributed by atoms with E-state index < -0.39 is 0 Å². The number of nitrogen functional groups attached to an aromatic ring is 1. The van der Waals surface area contributed by atoms with Crippen LogP contribution in [0.2, 0.25) is 0 Å². The molecule has 0 spiro atoms.